The van der Waals surface area contributed by atoms with Crippen molar-refractivity contribution in [3.8, 4) is 5.75 Å². The molecule has 5 rings (SSSR count). The maximum atomic E-state index is 13.4. The number of aromatic nitrogens is 2. The molecule has 1 N–H and O–H groups in total. The monoisotopic (exact) mass is 575 g/mol. The van der Waals surface area contributed by atoms with Crippen molar-refractivity contribution in [2.75, 3.05) is 11.5 Å². The molecule has 4 aromatic rings. The molecular formula is C29H22ClN3O4S2. The van der Waals surface area contributed by atoms with Crippen molar-refractivity contribution in [1.82, 2.24) is 10.2 Å². The SMILES string of the molecule is C=CCOc1cccc(C2C(=C(O)c3ccccc3)C(=O)C(=O)N2c2nnc(SCc3ccccc3Cl)s2)c1. The minimum atomic E-state index is -0.938. The summed E-state index contributed by atoms with van der Waals surface area (Å²) >= 11 is 8.90. The van der Waals surface area contributed by atoms with Crippen molar-refractivity contribution < 1.29 is 19.4 Å². The quantitative estimate of drug-likeness (QED) is 0.0594. The Kier molecular flexibility index (Phi) is 8.11. The van der Waals surface area contributed by atoms with E-state index in [0.29, 0.717) is 32.0 Å². The number of carbonyl (C=O) groups is 2. The summed E-state index contributed by atoms with van der Waals surface area (Å²) in [5, 5.41) is 20.6. The van der Waals surface area contributed by atoms with Gasteiger partial charge in [0.2, 0.25) is 5.13 Å². The lowest BCUT2D eigenvalue weighted by Crippen LogP contribution is -2.29. The first-order valence-electron chi connectivity index (χ1n) is 11.9. The zero-order valence-electron chi connectivity index (χ0n) is 20.5. The number of benzene rings is 3. The molecule has 3 aromatic carbocycles. The van der Waals surface area contributed by atoms with Crippen LogP contribution in [0.1, 0.15) is 22.7 Å². The molecule has 1 aliphatic heterocycles. The molecule has 1 atom stereocenters. The van der Waals surface area contributed by atoms with Crippen LogP contribution in [0.5, 0.6) is 5.75 Å². The number of ketones is 1. The predicted molar refractivity (Wildman–Crippen MR) is 154 cm³/mol. The molecule has 0 aliphatic carbocycles. The summed E-state index contributed by atoms with van der Waals surface area (Å²) in [7, 11) is 0. The van der Waals surface area contributed by atoms with E-state index < -0.39 is 17.7 Å². The van der Waals surface area contributed by atoms with E-state index in [1.165, 1.54) is 28.0 Å². The van der Waals surface area contributed by atoms with Gasteiger partial charge in [-0.3, -0.25) is 14.5 Å². The van der Waals surface area contributed by atoms with Gasteiger partial charge in [-0.2, -0.15) is 0 Å². The molecule has 1 unspecified atom stereocenters. The number of Topliss-reactive ketones (excluding diaryl/α,β-unsaturated/α-hetero) is 1. The van der Waals surface area contributed by atoms with E-state index >= 15 is 0 Å². The van der Waals surface area contributed by atoms with Gasteiger partial charge >= 0.3 is 5.91 Å². The van der Waals surface area contributed by atoms with Crippen LogP contribution >= 0.6 is 34.7 Å². The molecule has 0 saturated carbocycles. The van der Waals surface area contributed by atoms with Gasteiger partial charge in [-0.1, -0.05) is 108 Å². The maximum absolute atomic E-state index is 13.4. The van der Waals surface area contributed by atoms with Crippen LogP contribution in [0.3, 0.4) is 0 Å². The highest BCUT2D eigenvalue weighted by atomic mass is 35.5. The zero-order chi connectivity index (χ0) is 27.4. The van der Waals surface area contributed by atoms with E-state index in [4.69, 9.17) is 16.3 Å². The minimum absolute atomic E-state index is 0.0347. The first-order chi connectivity index (χ1) is 19.0. The number of amides is 1. The van der Waals surface area contributed by atoms with Crippen LogP contribution in [0, 0.1) is 0 Å². The first kappa shape index (κ1) is 26.7. The molecular weight excluding hydrogens is 554 g/mol. The summed E-state index contributed by atoms with van der Waals surface area (Å²) in [4.78, 5) is 28.1. The summed E-state index contributed by atoms with van der Waals surface area (Å²) in [5.74, 6) is -0.775. The van der Waals surface area contributed by atoms with Crippen molar-refractivity contribution in [2.45, 2.75) is 16.1 Å². The second kappa shape index (κ2) is 11.9. The second-order valence-electron chi connectivity index (χ2n) is 8.44. The third-order valence-electron chi connectivity index (χ3n) is 5.94. The predicted octanol–water partition coefficient (Wildman–Crippen LogP) is 6.67. The Morgan fingerprint density at radius 1 is 1.08 bits per heavy atom. The Morgan fingerprint density at radius 2 is 1.85 bits per heavy atom. The maximum Gasteiger partial charge on any atom is 0.301 e. The van der Waals surface area contributed by atoms with E-state index in [2.05, 4.69) is 16.8 Å². The fourth-order valence-electron chi connectivity index (χ4n) is 4.14. The fraction of sp³-hybridized carbons (Fsp3) is 0.103. The smallest absolute Gasteiger partial charge is 0.301 e. The van der Waals surface area contributed by atoms with E-state index in [1.807, 2.05) is 24.3 Å². The lowest BCUT2D eigenvalue weighted by atomic mass is 9.95. The van der Waals surface area contributed by atoms with Crippen LogP contribution in [0.15, 0.2) is 101 Å². The number of halogens is 1. The lowest BCUT2D eigenvalue weighted by Gasteiger charge is -2.23. The van der Waals surface area contributed by atoms with Crippen LogP contribution in [-0.2, 0) is 15.3 Å². The number of rotatable bonds is 9. The molecule has 39 heavy (non-hydrogen) atoms. The summed E-state index contributed by atoms with van der Waals surface area (Å²) in [6.07, 6.45) is 1.62. The number of ether oxygens (including phenoxy) is 1. The molecule has 1 saturated heterocycles. The van der Waals surface area contributed by atoms with Gasteiger partial charge in [-0.25, -0.2) is 0 Å². The Balaban J connectivity index is 1.55. The Bertz CT molecular complexity index is 1570. The number of thioether (sulfide) groups is 1. The lowest BCUT2D eigenvalue weighted by molar-refractivity contribution is -0.132. The summed E-state index contributed by atoms with van der Waals surface area (Å²) in [6, 6.07) is 22.3. The number of hydrogen-bond acceptors (Lipinski definition) is 8. The number of aliphatic hydroxyl groups is 1. The van der Waals surface area contributed by atoms with Gasteiger partial charge in [-0.05, 0) is 29.3 Å². The zero-order valence-corrected chi connectivity index (χ0v) is 22.9. The van der Waals surface area contributed by atoms with Gasteiger partial charge in [0.15, 0.2) is 4.34 Å². The number of carbonyl (C=O) groups excluding carboxylic acids is 2. The van der Waals surface area contributed by atoms with Crippen molar-refractivity contribution in [3.05, 3.63) is 119 Å². The topological polar surface area (TPSA) is 92.6 Å². The average molecular weight is 576 g/mol. The van der Waals surface area contributed by atoms with Gasteiger partial charge in [-0.15, -0.1) is 10.2 Å². The Labute approximate surface area is 238 Å². The molecule has 0 spiro atoms. The molecule has 196 valence electrons. The van der Waals surface area contributed by atoms with Crippen molar-refractivity contribution >= 4 is 57.3 Å². The number of aliphatic hydroxyl groups excluding tert-OH is 1. The molecule has 0 bridgehead atoms. The van der Waals surface area contributed by atoms with Gasteiger partial charge in [0.05, 0.1) is 11.6 Å². The molecule has 1 aliphatic rings. The third kappa shape index (κ3) is 5.61. The standard InChI is InChI=1S/C29H22ClN3O4S2/c1-2-15-37-21-13-8-12-19(16-21)24-23(25(34)18-9-4-3-5-10-18)26(35)27(36)33(24)28-31-32-29(39-28)38-17-20-11-6-7-14-22(20)30/h2-14,16,24,34H,1,15,17H2. The first-order valence-corrected chi connectivity index (χ1v) is 14.1. The average Bonchev–Trinajstić information content (AvgIpc) is 3.53. The third-order valence-corrected chi connectivity index (χ3v) is 8.42. The van der Waals surface area contributed by atoms with Crippen LogP contribution in [0.25, 0.3) is 5.76 Å². The summed E-state index contributed by atoms with van der Waals surface area (Å²) in [6.45, 7) is 3.96. The summed E-state index contributed by atoms with van der Waals surface area (Å²) < 4.78 is 6.30. The minimum Gasteiger partial charge on any atom is -0.507 e. The Morgan fingerprint density at radius 3 is 2.62 bits per heavy atom. The van der Waals surface area contributed by atoms with E-state index in [9.17, 15) is 14.7 Å². The molecule has 1 fully saturated rings. The van der Waals surface area contributed by atoms with Crippen LogP contribution in [-0.4, -0.2) is 33.6 Å². The molecule has 2 heterocycles. The molecule has 1 amide bonds. The van der Waals surface area contributed by atoms with Gasteiger partial charge < -0.3 is 9.84 Å². The van der Waals surface area contributed by atoms with Gasteiger partial charge in [0, 0.05) is 16.3 Å². The normalized spacial score (nSPS) is 16.4. The molecule has 1 aromatic heterocycles. The van der Waals surface area contributed by atoms with Crippen LogP contribution in [0.4, 0.5) is 5.13 Å². The molecule has 0 radical (unpaired) electrons. The van der Waals surface area contributed by atoms with Gasteiger partial charge in [0.25, 0.3) is 5.78 Å². The fourth-order valence-corrected chi connectivity index (χ4v) is 6.29. The van der Waals surface area contributed by atoms with E-state index in [0.717, 1.165) is 5.56 Å². The van der Waals surface area contributed by atoms with Crippen molar-refractivity contribution in [3.63, 3.8) is 0 Å². The molecule has 10 heteroatoms. The second-order valence-corrected chi connectivity index (χ2v) is 11.0. The number of nitrogens with zero attached hydrogens (tertiary/aromatic N) is 3. The van der Waals surface area contributed by atoms with Crippen LogP contribution in [0.2, 0.25) is 5.02 Å². The molecule has 7 nitrogen and oxygen atoms in total. The highest BCUT2D eigenvalue weighted by Gasteiger charge is 2.48. The Hall–Kier alpha value is -3.92. The van der Waals surface area contributed by atoms with E-state index in [1.54, 1.807) is 60.7 Å². The van der Waals surface area contributed by atoms with E-state index in [-0.39, 0.29) is 23.1 Å². The highest BCUT2D eigenvalue weighted by Crippen LogP contribution is 2.44. The number of anilines is 1. The largest absolute Gasteiger partial charge is 0.507 e. The number of hydrogen-bond donors (Lipinski definition) is 1. The van der Waals surface area contributed by atoms with Crippen molar-refractivity contribution in [1.29, 1.82) is 0 Å². The van der Waals surface area contributed by atoms with Gasteiger partial charge in [0.1, 0.15) is 18.1 Å². The summed E-state index contributed by atoms with van der Waals surface area (Å²) in [5.41, 5.74) is 1.91. The van der Waals surface area contributed by atoms with Crippen LogP contribution < -0.4 is 9.64 Å². The van der Waals surface area contributed by atoms with Crippen molar-refractivity contribution in [2.24, 2.45) is 0 Å². The highest BCUT2D eigenvalue weighted by molar-refractivity contribution is 8.00.